The predicted molar refractivity (Wildman–Crippen MR) is 56.2 cm³/mol. The van der Waals surface area contributed by atoms with E-state index in [-0.39, 0.29) is 0 Å². The Bertz CT molecular complexity index is 376. The second kappa shape index (κ2) is 4.24. The van der Waals surface area contributed by atoms with Gasteiger partial charge in [-0.15, -0.1) is 0 Å². The summed E-state index contributed by atoms with van der Waals surface area (Å²) in [5.41, 5.74) is 6.22. The molecule has 0 saturated carbocycles. The molecule has 5 heteroatoms. The topological polar surface area (TPSA) is 78.8 Å². The van der Waals surface area contributed by atoms with Gasteiger partial charge in [-0.25, -0.2) is 9.97 Å². The van der Waals surface area contributed by atoms with E-state index in [2.05, 4.69) is 14.9 Å². The van der Waals surface area contributed by atoms with E-state index in [9.17, 15) is 0 Å². The van der Waals surface area contributed by atoms with Crippen LogP contribution in [-0.2, 0) is 0 Å². The maximum Gasteiger partial charge on any atom is 0.226 e. The molecule has 2 heterocycles. The molecule has 0 amide bonds. The van der Waals surface area contributed by atoms with Gasteiger partial charge in [-0.05, 0) is 18.9 Å². The van der Waals surface area contributed by atoms with E-state index in [0.717, 1.165) is 25.9 Å². The van der Waals surface area contributed by atoms with Gasteiger partial charge in [0.2, 0.25) is 5.95 Å². The lowest BCUT2D eigenvalue weighted by Crippen LogP contribution is -2.40. The van der Waals surface area contributed by atoms with Crippen LogP contribution < -0.4 is 10.6 Å². The summed E-state index contributed by atoms with van der Waals surface area (Å²) in [4.78, 5) is 10.4. The Morgan fingerprint density at radius 1 is 1.47 bits per heavy atom. The Hall–Kier alpha value is -1.67. The monoisotopic (exact) mass is 203 g/mol. The van der Waals surface area contributed by atoms with Crippen molar-refractivity contribution in [2.45, 2.75) is 18.9 Å². The minimum Gasteiger partial charge on any atom is -0.341 e. The Balaban J connectivity index is 2.12. The van der Waals surface area contributed by atoms with Crippen LogP contribution in [0.15, 0.2) is 12.3 Å². The summed E-state index contributed by atoms with van der Waals surface area (Å²) in [7, 11) is 0. The van der Waals surface area contributed by atoms with Crippen LogP contribution in [0, 0.1) is 11.3 Å². The van der Waals surface area contributed by atoms with Crippen LogP contribution in [0.1, 0.15) is 18.5 Å². The number of piperidine rings is 1. The number of rotatable bonds is 1. The molecule has 15 heavy (non-hydrogen) atoms. The summed E-state index contributed by atoms with van der Waals surface area (Å²) < 4.78 is 0. The lowest BCUT2D eigenvalue weighted by molar-refractivity contribution is 0.495. The summed E-state index contributed by atoms with van der Waals surface area (Å²) in [5, 5.41) is 8.72. The molecular formula is C10H13N5. The number of nitrogens with zero attached hydrogens (tertiary/aromatic N) is 4. The summed E-state index contributed by atoms with van der Waals surface area (Å²) in [6.45, 7) is 1.74. The zero-order chi connectivity index (χ0) is 10.7. The maximum atomic E-state index is 8.72. The molecule has 2 N–H and O–H groups in total. The minimum absolute atomic E-state index is 0.292. The second-order valence-electron chi connectivity index (χ2n) is 3.68. The van der Waals surface area contributed by atoms with E-state index in [1.165, 1.54) is 0 Å². The van der Waals surface area contributed by atoms with Gasteiger partial charge in [0.25, 0.3) is 0 Å². The van der Waals surface area contributed by atoms with Crippen molar-refractivity contribution in [3.8, 4) is 6.07 Å². The Morgan fingerprint density at radius 2 is 2.20 bits per heavy atom. The molecular weight excluding hydrogens is 190 g/mol. The first-order chi connectivity index (χ1) is 7.29. The summed E-state index contributed by atoms with van der Waals surface area (Å²) in [6.07, 6.45) is 3.54. The van der Waals surface area contributed by atoms with Crippen LogP contribution in [0.5, 0.6) is 0 Å². The number of hydrogen-bond donors (Lipinski definition) is 1. The van der Waals surface area contributed by atoms with Crippen molar-refractivity contribution in [2.24, 2.45) is 5.73 Å². The van der Waals surface area contributed by atoms with Crippen molar-refractivity contribution in [3.63, 3.8) is 0 Å². The van der Waals surface area contributed by atoms with Crippen molar-refractivity contribution in [2.75, 3.05) is 18.0 Å². The van der Waals surface area contributed by atoms with Crippen molar-refractivity contribution < 1.29 is 0 Å². The maximum absolute atomic E-state index is 8.72. The van der Waals surface area contributed by atoms with Gasteiger partial charge in [0.1, 0.15) is 11.8 Å². The molecule has 5 nitrogen and oxygen atoms in total. The molecule has 0 aromatic carbocycles. The van der Waals surface area contributed by atoms with Gasteiger partial charge in [-0.1, -0.05) is 0 Å². The lowest BCUT2D eigenvalue weighted by atomic mass is 10.1. The van der Waals surface area contributed by atoms with Crippen molar-refractivity contribution in [3.05, 3.63) is 18.0 Å². The number of anilines is 1. The van der Waals surface area contributed by atoms with E-state index >= 15 is 0 Å². The molecule has 0 unspecified atom stereocenters. The van der Waals surface area contributed by atoms with E-state index in [4.69, 9.17) is 11.0 Å². The zero-order valence-electron chi connectivity index (χ0n) is 8.43. The van der Waals surface area contributed by atoms with Crippen molar-refractivity contribution >= 4 is 5.95 Å². The van der Waals surface area contributed by atoms with Crippen LogP contribution in [0.2, 0.25) is 0 Å². The molecule has 1 fully saturated rings. The number of hydrogen-bond acceptors (Lipinski definition) is 5. The molecule has 0 spiro atoms. The fraction of sp³-hybridized carbons (Fsp3) is 0.500. The molecule has 1 aromatic heterocycles. The van der Waals surface area contributed by atoms with E-state index in [1.54, 1.807) is 12.3 Å². The van der Waals surface area contributed by atoms with E-state index in [1.807, 2.05) is 6.07 Å². The average Bonchev–Trinajstić information content (AvgIpc) is 2.30. The quantitative estimate of drug-likeness (QED) is 0.709. The summed E-state index contributed by atoms with van der Waals surface area (Å²) in [5.74, 6) is 0.640. The molecule has 1 aliphatic rings. The molecule has 0 atom stereocenters. The van der Waals surface area contributed by atoms with Crippen LogP contribution in [0.25, 0.3) is 0 Å². The zero-order valence-corrected chi connectivity index (χ0v) is 8.43. The fourth-order valence-corrected chi connectivity index (χ4v) is 1.66. The van der Waals surface area contributed by atoms with E-state index < -0.39 is 0 Å². The molecule has 1 saturated heterocycles. The Morgan fingerprint density at radius 3 is 2.87 bits per heavy atom. The number of nitriles is 1. The highest BCUT2D eigenvalue weighted by Crippen LogP contribution is 2.14. The van der Waals surface area contributed by atoms with Crippen molar-refractivity contribution in [1.82, 2.24) is 9.97 Å². The number of nitrogens with two attached hydrogens (primary N) is 1. The summed E-state index contributed by atoms with van der Waals surface area (Å²) >= 11 is 0. The van der Waals surface area contributed by atoms with Gasteiger partial charge < -0.3 is 10.6 Å². The summed E-state index contributed by atoms with van der Waals surface area (Å²) in [6, 6.07) is 3.92. The first kappa shape index (κ1) is 9.87. The molecule has 0 bridgehead atoms. The van der Waals surface area contributed by atoms with Gasteiger partial charge in [0.05, 0.1) is 0 Å². The standard InChI is InChI=1S/C10H13N5/c11-7-9-1-4-13-10(14-9)15-5-2-8(12)3-6-15/h1,4,8H,2-3,5-6,12H2. The van der Waals surface area contributed by atoms with Crippen LogP contribution in [-0.4, -0.2) is 29.1 Å². The highest BCUT2D eigenvalue weighted by atomic mass is 15.3. The van der Waals surface area contributed by atoms with Crippen LogP contribution in [0.4, 0.5) is 5.95 Å². The van der Waals surface area contributed by atoms with Gasteiger partial charge in [-0.2, -0.15) is 5.26 Å². The number of aromatic nitrogens is 2. The van der Waals surface area contributed by atoms with Gasteiger partial charge in [-0.3, -0.25) is 0 Å². The minimum atomic E-state index is 0.292. The lowest BCUT2D eigenvalue weighted by Gasteiger charge is -2.29. The van der Waals surface area contributed by atoms with Crippen molar-refractivity contribution in [1.29, 1.82) is 5.26 Å². The average molecular weight is 203 g/mol. The van der Waals surface area contributed by atoms with Crippen LogP contribution >= 0.6 is 0 Å². The second-order valence-corrected chi connectivity index (χ2v) is 3.68. The first-order valence-electron chi connectivity index (χ1n) is 5.03. The molecule has 2 rings (SSSR count). The Kier molecular flexibility index (Phi) is 2.79. The normalized spacial score (nSPS) is 17.5. The molecule has 1 aliphatic heterocycles. The molecule has 0 radical (unpaired) electrons. The smallest absolute Gasteiger partial charge is 0.226 e. The first-order valence-corrected chi connectivity index (χ1v) is 5.03. The van der Waals surface area contributed by atoms with Gasteiger partial charge >= 0.3 is 0 Å². The largest absolute Gasteiger partial charge is 0.341 e. The SMILES string of the molecule is N#Cc1ccnc(N2CCC(N)CC2)n1. The third-order valence-corrected chi connectivity index (χ3v) is 2.58. The molecule has 0 aliphatic carbocycles. The third kappa shape index (κ3) is 2.22. The predicted octanol–water partition coefficient (Wildman–Crippen LogP) is 0.276. The Labute approximate surface area is 88.5 Å². The molecule has 1 aromatic rings. The fourth-order valence-electron chi connectivity index (χ4n) is 1.66. The van der Waals surface area contributed by atoms with E-state index in [0.29, 0.717) is 17.7 Å². The van der Waals surface area contributed by atoms with Gasteiger partial charge in [0, 0.05) is 25.3 Å². The third-order valence-electron chi connectivity index (χ3n) is 2.58. The highest BCUT2D eigenvalue weighted by Gasteiger charge is 2.18. The van der Waals surface area contributed by atoms with Gasteiger partial charge in [0.15, 0.2) is 0 Å². The molecule has 78 valence electrons. The highest BCUT2D eigenvalue weighted by molar-refractivity contribution is 5.34. The van der Waals surface area contributed by atoms with Crippen LogP contribution in [0.3, 0.4) is 0 Å².